The molecule has 0 radical (unpaired) electrons. The van der Waals surface area contributed by atoms with Gasteiger partial charge in [0.1, 0.15) is 11.2 Å². The number of nitrogens with one attached hydrogen (secondary N) is 1. The second-order valence-corrected chi connectivity index (χ2v) is 3.85. The van der Waals surface area contributed by atoms with Crippen molar-refractivity contribution in [2.45, 2.75) is 25.8 Å². The van der Waals surface area contributed by atoms with Crippen LogP contribution in [0.15, 0.2) is 18.3 Å². The predicted molar refractivity (Wildman–Crippen MR) is 63.0 cm³/mol. The van der Waals surface area contributed by atoms with Crippen LogP contribution in [0.5, 0.6) is 0 Å². The molecule has 0 saturated heterocycles. The first kappa shape index (κ1) is 13.4. The van der Waals surface area contributed by atoms with Crippen LogP contribution in [0.3, 0.4) is 0 Å². The number of nitrogens with zero attached hydrogens (tertiary/aromatic N) is 1. The van der Waals surface area contributed by atoms with Gasteiger partial charge in [-0.2, -0.15) is 0 Å². The van der Waals surface area contributed by atoms with Crippen LogP contribution < -0.4 is 5.32 Å². The van der Waals surface area contributed by atoms with Crippen molar-refractivity contribution >= 4 is 23.5 Å². The Bertz CT molecular complexity index is 423. The SMILES string of the molecule is CCC[C@H](NC(=O)c1cccnc1Cl)C(=O)O. The number of carbonyl (C=O) groups is 2. The van der Waals surface area contributed by atoms with Crippen LogP contribution in [-0.2, 0) is 4.79 Å². The first-order chi connectivity index (χ1) is 8.06. The third-order valence-corrected chi connectivity index (χ3v) is 2.49. The minimum absolute atomic E-state index is 0.0608. The predicted octanol–water partition coefficient (Wildman–Crippen LogP) is 1.72. The van der Waals surface area contributed by atoms with E-state index in [0.717, 1.165) is 0 Å². The summed E-state index contributed by atoms with van der Waals surface area (Å²) in [6, 6.07) is 2.16. The summed E-state index contributed by atoms with van der Waals surface area (Å²) in [5.74, 6) is -1.58. The van der Waals surface area contributed by atoms with Crippen molar-refractivity contribution in [2.24, 2.45) is 0 Å². The summed E-state index contributed by atoms with van der Waals surface area (Å²) < 4.78 is 0. The molecule has 0 fully saturated rings. The molecule has 1 heterocycles. The Morgan fingerprint density at radius 3 is 2.82 bits per heavy atom. The minimum atomic E-state index is -1.06. The number of amides is 1. The lowest BCUT2D eigenvalue weighted by Crippen LogP contribution is -2.40. The fourth-order valence-electron chi connectivity index (χ4n) is 1.34. The topological polar surface area (TPSA) is 79.3 Å². The lowest BCUT2D eigenvalue weighted by molar-refractivity contribution is -0.139. The molecule has 1 atom stereocenters. The van der Waals surface area contributed by atoms with E-state index < -0.39 is 17.9 Å². The van der Waals surface area contributed by atoms with E-state index in [0.29, 0.717) is 12.8 Å². The van der Waals surface area contributed by atoms with Crippen LogP contribution in [0, 0.1) is 0 Å². The van der Waals surface area contributed by atoms with E-state index in [-0.39, 0.29) is 10.7 Å². The number of carboxylic acid groups (broad SMARTS) is 1. The standard InChI is InChI=1S/C11H13ClN2O3/c1-2-4-8(11(16)17)14-10(15)7-5-3-6-13-9(7)12/h3,5-6,8H,2,4H2,1H3,(H,14,15)(H,16,17)/t8-/m0/s1. The van der Waals surface area contributed by atoms with E-state index in [4.69, 9.17) is 16.7 Å². The highest BCUT2D eigenvalue weighted by Crippen LogP contribution is 2.11. The second-order valence-electron chi connectivity index (χ2n) is 3.49. The molecule has 0 bridgehead atoms. The smallest absolute Gasteiger partial charge is 0.326 e. The molecule has 0 aliphatic rings. The average molecular weight is 257 g/mol. The Kier molecular flexibility index (Phi) is 4.90. The third kappa shape index (κ3) is 3.71. The largest absolute Gasteiger partial charge is 0.480 e. The first-order valence-corrected chi connectivity index (χ1v) is 5.58. The van der Waals surface area contributed by atoms with Gasteiger partial charge in [0.25, 0.3) is 5.91 Å². The van der Waals surface area contributed by atoms with Gasteiger partial charge in [-0.1, -0.05) is 24.9 Å². The molecule has 1 aromatic heterocycles. The van der Waals surface area contributed by atoms with Gasteiger partial charge in [0.2, 0.25) is 0 Å². The number of rotatable bonds is 5. The molecule has 6 heteroatoms. The lowest BCUT2D eigenvalue weighted by Gasteiger charge is -2.13. The van der Waals surface area contributed by atoms with Crippen molar-refractivity contribution in [3.63, 3.8) is 0 Å². The highest BCUT2D eigenvalue weighted by molar-refractivity contribution is 6.32. The van der Waals surface area contributed by atoms with Gasteiger partial charge in [-0.3, -0.25) is 4.79 Å². The van der Waals surface area contributed by atoms with E-state index in [9.17, 15) is 9.59 Å². The van der Waals surface area contributed by atoms with Crippen molar-refractivity contribution in [1.82, 2.24) is 10.3 Å². The summed E-state index contributed by atoms with van der Waals surface area (Å²) in [6.45, 7) is 1.85. The molecule has 5 nitrogen and oxygen atoms in total. The third-order valence-electron chi connectivity index (χ3n) is 2.18. The van der Waals surface area contributed by atoms with Crippen molar-refractivity contribution in [2.75, 3.05) is 0 Å². The number of aromatic nitrogens is 1. The molecule has 2 N–H and O–H groups in total. The minimum Gasteiger partial charge on any atom is -0.480 e. The fraction of sp³-hybridized carbons (Fsp3) is 0.364. The van der Waals surface area contributed by atoms with Crippen LogP contribution in [0.1, 0.15) is 30.1 Å². The number of carboxylic acids is 1. The Hall–Kier alpha value is -1.62. The van der Waals surface area contributed by atoms with Gasteiger partial charge in [-0.05, 0) is 18.6 Å². The maximum absolute atomic E-state index is 11.8. The molecule has 1 aromatic rings. The molecule has 1 rings (SSSR count). The summed E-state index contributed by atoms with van der Waals surface area (Å²) in [5, 5.41) is 11.4. The van der Waals surface area contributed by atoms with Gasteiger partial charge in [-0.15, -0.1) is 0 Å². The molecule has 0 aliphatic heterocycles. The van der Waals surface area contributed by atoms with Crippen molar-refractivity contribution < 1.29 is 14.7 Å². The lowest BCUT2D eigenvalue weighted by atomic mass is 10.1. The van der Waals surface area contributed by atoms with E-state index in [1.807, 2.05) is 6.92 Å². The molecule has 0 aromatic carbocycles. The number of halogens is 1. The molecule has 0 saturated carbocycles. The highest BCUT2D eigenvalue weighted by Gasteiger charge is 2.20. The summed E-state index contributed by atoms with van der Waals surface area (Å²) in [7, 11) is 0. The van der Waals surface area contributed by atoms with Crippen LogP contribution >= 0.6 is 11.6 Å². The van der Waals surface area contributed by atoms with E-state index in [1.165, 1.54) is 12.3 Å². The molecule has 0 spiro atoms. The number of hydrogen-bond acceptors (Lipinski definition) is 3. The zero-order valence-electron chi connectivity index (χ0n) is 9.31. The summed E-state index contributed by atoms with van der Waals surface area (Å²) in [4.78, 5) is 26.4. The number of hydrogen-bond donors (Lipinski definition) is 2. The van der Waals surface area contributed by atoms with Crippen LogP contribution in [0.25, 0.3) is 0 Å². The normalized spacial score (nSPS) is 11.9. The Labute approximate surface area is 104 Å². The maximum Gasteiger partial charge on any atom is 0.326 e. The zero-order valence-corrected chi connectivity index (χ0v) is 10.1. The first-order valence-electron chi connectivity index (χ1n) is 5.20. The van der Waals surface area contributed by atoms with Gasteiger partial charge < -0.3 is 10.4 Å². The van der Waals surface area contributed by atoms with E-state index in [2.05, 4.69) is 10.3 Å². The molecule has 0 unspecified atom stereocenters. The fourth-order valence-corrected chi connectivity index (χ4v) is 1.54. The Morgan fingerprint density at radius 2 is 2.29 bits per heavy atom. The van der Waals surface area contributed by atoms with E-state index in [1.54, 1.807) is 6.07 Å². The maximum atomic E-state index is 11.8. The van der Waals surface area contributed by atoms with Gasteiger partial charge in [-0.25, -0.2) is 9.78 Å². The highest BCUT2D eigenvalue weighted by atomic mass is 35.5. The summed E-state index contributed by atoms with van der Waals surface area (Å²) in [6.07, 6.45) is 2.50. The van der Waals surface area contributed by atoms with Crippen LogP contribution in [0.4, 0.5) is 0 Å². The molecule has 1 amide bonds. The monoisotopic (exact) mass is 256 g/mol. The number of aliphatic carboxylic acids is 1. The van der Waals surface area contributed by atoms with E-state index >= 15 is 0 Å². The summed E-state index contributed by atoms with van der Waals surface area (Å²) >= 11 is 5.74. The van der Waals surface area contributed by atoms with Crippen molar-refractivity contribution in [3.8, 4) is 0 Å². The van der Waals surface area contributed by atoms with Crippen LogP contribution in [0.2, 0.25) is 5.15 Å². The zero-order chi connectivity index (χ0) is 12.8. The van der Waals surface area contributed by atoms with Crippen LogP contribution in [-0.4, -0.2) is 28.0 Å². The van der Waals surface area contributed by atoms with Gasteiger partial charge in [0.15, 0.2) is 0 Å². The number of carbonyl (C=O) groups excluding carboxylic acids is 1. The second kappa shape index (κ2) is 6.20. The number of pyridine rings is 1. The quantitative estimate of drug-likeness (QED) is 0.786. The summed E-state index contributed by atoms with van der Waals surface area (Å²) in [5.41, 5.74) is 0.177. The van der Waals surface area contributed by atoms with Gasteiger partial charge >= 0.3 is 5.97 Å². The molecule has 17 heavy (non-hydrogen) atoms. The molecule has 0 aliphatic carbocycles. The molecular weight excluding hydrogens is 244 g/mol. The average Bonchev–Trinajstić information content (AvgIpc) is 2.28. The Balaban J connectivity index is 2.77. The van der Waals surface area contributed by atoms with Crippen molar-refractivity contribution in [1.29, 1.82) is 0 Å². The van der Waals surface area contributed by atoms with Gasteiger partial charge in [0, 0.05) is 6.20 Å². The Morgan fingerprint density at radius 1 is 1.59 bits per heavy atom. The van der Waals surface area contributed by atoms with Gasteiger partial charge in [0.05, 0.1) is 5.56 Å². The van der Waals surface area contributed by atoms with Crippen molar-refractivity contribution in [3.05, 3.63) is 29.0 Å². The molecular formula is C11H13ClN2O3. The molecule has 92 valence electrons.